The molecule has 3 rings (SSSR count). The van der Waals surface area contributed by atoms with Crippen molar-refractivity contribution in [1.82, 2.24) is 20.4 Å². The van der Waals surface area contributed by atoms with E-state index in [4.69, 9.17) is 0 Å². The lowest BCUT2D eigenvalue weighted by atomic mass is 9.98. The molecule has 0 fully saturated rings. The smallest absolute Gasteiger partial charge is 0.246 e. The fourth-order valence-electron chi connectivity index (χ4n) is 4.61. The van der Waals surface area contributed by atoms with Crippen LogP contribution in [-0.2, 0) is 27.2 Å². The van der Waals surface area contributed by atoms with Crippen LogP contribution in [0.25, 0.3) is 10.8 Å². The molecule has 0 aromatic heterocycles. The van der Waals surface area contributed by atoms with Gasteiger partial charge in [-0.25, -0.2) is 0 Å². The van der Waals surface area contributed by atoms with Crippen LogP contribution in [0.1, 0.15) is 31.4 Å². The van der Waals surface area contributed by atoms with Crippen molar-refractivity contribution >= 4 is 51.1 Å². The van der Waals surface area contributed by atoms with E-state index in [0.717, 1.165) is 25.5 Å². The third-order valence-electron chi connectivity index (χ3n) is 7.61. The fraction of sp³-hybridized carbons (Fsp3) is 0.364. The first kappa shape index (κ1) is 32.3. The van der Waals surface area contributed by atoms with Crippen LogP contribution < -0.4 is 10.6 Å². The summed E-state index contributed by atoms with van der Waals surface area (Å²) in [5.41, 5.74) is 1.72. The summed E-state index contributed by atoms with van der Waals surface area (Å²) >= 11 is 2.24. The summed E-state index contributed by atoms with van der Waals surface area (Å²) in [6, 6.07) is 20.5. The molecule has 3 aromatic carbocycles. The van der Waals surface area contributed by atoms with Gasteiger partial charge in [-0.1, -0.05) is 60.7 Å². The van der Waals surface area contributed by atoms with Crippen molar-refractivity contribution in [2.75, 3.05) is 28.2 Å². The van der Waals surface area contributed by atoms with Crippen LogP contribution in [-0.4, -0.2) is 73.3 Å². The maximum Gasteiger partial charge on any atom is 0.246 e. The molecule has 218 valence electrons. The predicted octanol–water partition coefficient (Wildman–Crippen LogP) is 4.57. The van der Waals surface area contributed by atoms with Crippen molar-refractivity contribution in [2.45, 2.75) is 50.7 Å². The highest BCUT2D eigenvalue weighted by Crippen LogP contribution is 2.20. The second-order valence-electron chi connectivity index (χ2n) is 11.0. The first-order valence-corrected chi connectivity index (χ1v) is 14.9. The van der Waals surface area contributed by atoms with Gasteiger partial charge in [0, 0.05) is 43.1 Å². The highest BCUT2D eigenvalue weighted by atomic mass is 127. The lowest BCUT2D eigenvalue weighted by Gasteiger charge is -2.34. The molecule has 0 aliphatic heterocycles. The van der Waals surface area contributed by atoms with Gasteiger partial charge in [0.05, 0.1) is 0 Å². The third-order valence-corrected chi connectivity index (χ3v) is 8.33. The first-order chi connectivity index (χ1) is 19.5. The van der Waals surface area contributed by atoms with Crippen LogP contribution in [0.2, 0.25) is 0 Å². The van der Waals surface area contributed by atoms with E-state index < -0.39 is 12.1 Å². The minimum absolute atomic E-state index is 0.161. The molecule has 0 saturated heterocycles. The van der Waals surface area contributed by atoms with Crippen LogP contribution in [0.3, 0.4) is 0 Å². The Labute approximate surface area is 257 Å². The van der Waals surface area contributed by atoms with Gasteiger partial charge in [0.25, 0.3) is 0 Å². The molecular formula is C33H41IN4O3. The Balaban J connectivity index is 1.93. The molecule has 2 N–H and O–H groups in total. The number of halogens is 1. The number of amides is 3. The van der Waals surface area contributed by atoms with Gasteiger partial charge in [0.1, 0.15) is 12.1 Å². The fourth-order valence-corrected chi connectivity index (χ4v) is 4.97. The summed E-state index contributed by atoms with van der Waals surface area (Å²) in [6.07, 6.45) is 4.69. The van der Waals surface area contributed by atoms with Crippen LogP contribution in [0.15, 0.2) is 78.9 Å². The Morgan fingerprint density at radius 1 is 0.854 bits per heavy atom. The lowest BCUT2D eigenvalue weighted by Crippen LogP contribution is -2.55. The number of fused-ring (bicyclic) bond motifs is 1. The van der Waals surface area contributed by atoms with Crippen molar-refractivity contribution in [3.8, 4) is 0 Å². The molecule has 7 nitrogen and oxygen atoms in total. The summed E-state index contributed by atoms with van der Waals surface area (Å²) in [7, 11) is 6.75. The van der Waals surface area contributed by atoms with Crippen LogP contribution in [0.5, 0.6) is 0 Å². The van der Waals surface area contributed by atoms with E-state index in [2.05, 4.69) is 53.1 Å². The summed E-state index contributed by atoms with van der Waals surface area (Å²) in [4.78, 5) is 43.5. The van der Waals surface area contributed by atoms with Crippen molar-refractivity contribution in [3.63, 3.8) is 0 Å². The average Bonchev–Trinajstić information content (AvgIpc) is 2.97. The molecule has 0 heterocycles. The van der Waals surface area contributed by atoms with Crippen molar-refractivity contribution < 1.29 is 14.4 Å². The topological polar surface area (TPSA) is 81.8 Å². The molecule has 8 heteroatoms. The van der Waals surface area contributed by atoms with Gasteiger partial charge in [-0.3, -0.25) is 14.4 Å². The molecule has 41 heavy (non-hydrogen) atoms. The number of carbonyl (C=O) groups excluding carboxylic acids is 3. The number of hydrogen-bond donors (Lipinski definition) is 2. The van der Waals surface area contributed by atoms with Gasteiger partial charge < -0.3 is 20.4 Å². The van der Waals surface area contributed by atoms with Crippen molar-refractivity contribution in [3.05, 3.63) is 93.6 Å². The Bertz CT molecular complexity index is 1390. The molecule has 0 bridgehead atoms. The van der Waals surface area contributed by atoms with Crippen molar-refractivity contribution in [2.24, 2.45) is 0 Å². The van der Waals surface area contributed by atoms with Crippen molar-refractivity contribution in [1.29, 1.82) is 0 Å². The highest BCUT2D eigenvalue weighted by Gasteiger charge is 2.34. The second kappa shape index (κ2) is 14.6. The summed E-state index contributed by atoms with van der Waals surface area (Å²) in [5.74, 6) is -0.817. The molecule has 0 radical (unpaired) electrons. The van der Waals surface area contributed by atoms with E-state index in [-0.39, 0.29) is 23.3 Å². The number of nitrogens with one attached hydrogen (secondary N) is 2. The molecule has 2 atom stereocenters. The van der Waals surface area contributed by atoms with Gasteiger partial charge >= 0.3 is 0 Å². The van der Waals surface area contributed by atoms with E-state index in [1.165, 1.54) is 15.9 Å². The summed E-state index contributed by atoms with van der Waals surface area (Å²) in [5, 5.41) is 8.10. The molecule has 0 unspecified atom stereocenters. The average molecular weight is 669 g/mol. The Kier molecular flexibility index (Phi) is 11.5. The maximum atomic E-state index is 14.2. The summed E-state index contributed by atoms with van der Waals surface area (Å²) < 4.78 is 1.09. The molecule has 0 aliphatic rings. The predicted molar refractivity (Wildman–Crippen MR) is 175 cm³/mol. The quantitative estimate of drug-likeness (QED) is 0.219. The van der Waals surface area contributed by atoms with Gasteiger partial charge in [-0.15, -0.1) is 0 Å². The number of hydrogen-bond acceptors (Lipinski definition) is 4. The normalized spacial score (nSPS) is 13.1. The number of nitrogens with zero attached hydrogens (tertiary/aromatic N) is 2. The Morgan fingerprint density at radius 2 is 1.46 bits per heavy atom. The van der Waals surface area contributed by atoms with E-state index in [9.17, 15) is 14.4 Å². The highest BCUT2D eigenvalue weighted by molar-refractivity contribution is 14.1. The molecular weight excluding hydrogens is 627 g/mol. The van der Waals surface area contributed by atoms with Crippen LogP contribution in [0, 0.1) is 3.57 Å². The van der Waals surface area contributed by atoms with E-state index in [0.29, 0.717) is 19.3 Å². The number of benzene rings is 3. The monoisotopic (exact) mass is 668 g/mol. The molecule has 3 amide bonds. The van der Waals surface area contributed by atoms with Gasteiger partial charge in [0.15, 0.2) is 0 Å². The largest absolute Gasteiger partial charge is 0.357 e. The SMILES string of the molecule is CNC(=O)[C@@H](Cc1ccc(I)cc1)N(C)C(=O)[C@@H](Cc1ccc2ccccc2c1)N(C)C(=O)C=CCC(C)(C)NC. The minimum Gasteiger partial charge on any atom is -0.357 e. The number of rotatable bonds is 12. The summed E-state index contributed by atoms with van der Waals surface area (Å²) in [6.45, 7) is 4.11. The number of carbonyl (C=O) groups is 3. The van der Waals surface area contributed by atoms with Crippen LogP contribution >= 0.6 is 22.6 Å². The zero-order chi connectivity index (χ0) is 30.2. The standard InChI is InChI=1S/C33H41IN4O3/c1-33(2,36-4)19-9-12-30(39)37(5)29(22-24-13-16-25-10-7-8-11-26(25)20-24)32(41)38(6)28(31(40)35-3)21-23-14-17-27(34)18-15-23/h7-18,20,28-29,36H,19,21-22H2,1-6H3,(H,35,40)/t28-,29-/m1/s1. The van der Waals surface area contributed by atoms with Gasteiger partial charge in [0.2, 0.25) is 17.7 Å². The first-order valence-electron chi connectivity index (χ1n) is 13.8. The van der Waals surface area contributed by atoms with Gasteiger partial charge in [-0.2, -0.15) is 0 Å². The molecule has 0 spiro atoms. The lowest BCUT2D eigenvalue weighted by molar-refractivity contribution is -0.146. The Hall–Kier alpha value is -3.24. The molecule has 0 aliphatic carbocycles. The molecule has 0 saturated carbocycles. The Morgan fingerprint density at radius 3 is 2.10 bits per heavy atom. The zero-order valence-corrected chi connectivity index (χ0v) is 26.9. The van der Waals surface area contributed by atoms with E-state index in [1.807, 2.05) is 73.8 Å². The maximum absolute atomic E-state index is 14.2. The van der Waals surface area contributed by atoms with E-state index in [1.54, 1.807) is 21.1 Å². The third kappa shape index (κ3) is 8.87. The minimum atomic E-state index is -0.806. The molecule has 3 aromatic rings. The number of likely N-dealkylation sites (N-methyl/N-ethyl adjacent to an activating group) is 3. The second-order valence-corrected chi connectivity index (χ2v) is 12.2. The van der Waals surface area contributed by atoms with Crippen LogP contribution in [0.4, 0.5) is 0 Å². The van der Waals surface area contributed by atoms with Gasteiger partial charge in [-0.05, 0) is 90.0 Å². The zero-order valence-electron chi connectivity index (χ0n) is 24.8. The van der Waals surface area contributed by atoms with E-state index >= 15 is 0 Å².